The van der Waals surface area contributed by atoms with Gasteiger partial charge in [0.25, 0.3) is 0 Å². The second-order valence-electron chi connectivity index (χ2n) is 4.94. The molecule has 0 saturated carbocycles. The Labute approximate surface area is 127 Å². The lowest BCUT2D eigenvalue weighted by molar-refractivity contribution is -0.118. The SMILES string of the molecule is CCC(=O)Nc1ccc(Cl)c(NC(=O)C2CC(O)CN2)c1. The van der Waals surface area contributed by atoms with E-state index in [9.17, 15) is 14.7 Å². The summed E-state index contributed by atoms with van der Waals surface area (Å²) in [7, 11) is 0. The molecule has 0 radical (unpaired) electrons. The molecular weight excluding hydrogens is 294 g/mol. The van der Waals surface area contributed by atoms with E-state index in [1.165, 1.54) is 0 Å². The summed E-state index contributed by atoms with van der Waals surface area (Å²) < 4.78 is 0. The number of rotatable bonds is 4. The van der Waals surface area contributed by atoms with Crippen molar-refractivity contribution in [2.45, 2.75) is 31.9 Å². The van der Waals surface area contributed by atoms with E-state index >= 15 is 0 Å². The van der Waals surface area contributed by atoms with Gasteiger partial charge in [0.05, 0.1) is 22.9 Å². The van der Waals surface area contributed by atoms with Gasteiger partial charge in [0.15, 0.2) is 0 Å². The van der Waals surface area contributed by atoms with E-state index in [0.717, 1.165) is 0 Å². The van der Waals surface area contributed by atoms with Crippen LogP contribution in [-0.4, -0.2) is 35.6 Å². The fraction of sp³-hybridized carbons (Fsp3) is 0.429. The second-order valence-corrected chi connectivity index (χ2v) is 5.34. The molecule has 7 heteroatoms. The van der Waals surface area contributed by atoms with Crippen LogP contribution in [0.3, 0.4) is 0 Å². The third-order valence-electron chi connectivity index (χ3n) is 3.25. The number of aliphatic hydroxyl groups excluding tert-OH is 1. The molecular formula is C14H18ClN3O3. The molecule has 1 saturated heterocycles. The normalized spacial score (nSPS) is 21.1. The fourth-order valence-corrected chi connectivity index (χ4v) is 2.25. The number of benzene rings is 1. The van der Waals surface area contributed by atoms with E-state index in [1.54, 1.807) is 25.1 Å². The highest BCUT2D eigenvalue weighted by atomic mass is 35.5. The van der Waals surface area contributed by atoms with Gasteiger partial charge in [-0.2, -0.15) is 0 Å². The van der Waals surface area contributed by atoms with Crippen LogP contribution < -0.4 is 16.0 Å². The molecule has 1 aliphatic heterocycles. The lowest BCUT2D eigenvalue weighted by Crippen LogP contribution is -2.35. The van der Waals surface area contributed by atoms with Gasteiger partial charge in [-0.05, 0) is 24.6 Å². The number of halogens is 1. The maximum Gasteiger partial charge on any atom is 0.241 e. The molecule has 1 fully saturated rings. The second kappa shape index (κ2) is 6.89. The van der Waals surface area contributed by atoms with Gasteiger partial charge in [-0.3, -0.25) is 9.59 Å². The Morgan fingerprint density at radius 1 is 1.43 bits per heavy atom. The van der Waals surface area contributed by atoms with Gasteiger partial charge in [0, 0.05) is 18.7 Å². The molecule has 21 heavy (non-hydrogen) atoms. The lowest BCUT2D eigenvalue weighted by Gasteiger charge is -2.13. The zero-order valence-electron chi connectivity index (χ0n) is 11.6. The molecule has 2 rings (SSSR count). The van der Waals surface area contributed by atoms with E-state index in [0.29, 0.717) is 35.8 Å². The van der Waals surface area contributed by atoms with Gasteiger partial charge < -0.3 is 21.1 Å². The van der Waals surface area contributed by atoms with Crippen LogP contribution in [0.15, 0.2) is 18.2 Å². The van der Waals surface area contributed by atoms with E-state index in [2.05, 4.69) is 16.0 Å². The number of carbonyl (C=O) groups excluding carboxylic acids is 2. The number of β-amino-alcohol motifs (C(OH)–C–C–N with tert-alkyl or cyclic N) is 1. The van der Waals surface area contributed by atoms with Gasteiger partial charge in [0.1, 0.15) is 0 Å². The van der Waals surface area contributed by atoms with Crippen LogP contribution in [0.5, 0.6) is 0 Å². The highest BCUT2D eigenvalue weighted by Gasteiger charge is 2.28. The minimum atomic E-state index is -0.508. The molecule has 0 bridgehead atoms. The molecule has 6 nitrogen and oxygen atoms in total. The van der Waals surface area contributed by atoms with Crippen LogP contribution in [0.4, 0.5) is 11.4 Å². The summed E-state index contributed by atoms with van der Waals surface area (Å²) in [6.07, 6.45) is 0.232. The first kappa shape index (κ1) is 15.8. The maximum absolute atomic E-state index is 12.1. The predicted octanol–water partition coefficient (Wildman–Crippen LogP) is 1.35. The molecule has 1 aromatic carbocycles. The smallest absolute Gasteiger partial charge is 0.241 e. The number of carbonyl (C=O) groups is 2. The molecule has 114 valence electrons. The molecule has 1 aromatic rings. The maximum atomic E-state index is 12.1. The summed E-state index contributed by atoms with van der Waals surface area (Å²) in [4.78, 5) is 23.4. The summed E-state index contributed by atoms with van der Waals surface area (Å²) >= 11 is 6.05. The van der Waals surface area contributed by atoms with Crippen molar-refractivity contribution in [3.63, 3.8) is 0 Å². The highest BCUT2D eigenvalue weighted by molar-refractivity contribution is 6.34. The van der Waals surface area contributed by atoms with Crippen molar-refractivity contribution >= 4 is 34.8 Å². The van der Waals surface area contributed by atoms with Gasteiger partial charge in [-0.1, -0.05) is 18.5 Å². The third kappa shape index (κ3) is 4.17. The van der Waals surface area contributed by atoms with Crippen molar-refractivity contribution in [1.29, 1.82) is 0 Å². The molecule has 1 aliphatic rings. The fourth-order valence-electron chi connectivity index (χ4n) is 2.08. The average Bonchev–Trinajstić information content (AvgIpc) is 2.89. The Balaban J connectivity index is 2.06. The molecule has 2 unspecified atom stereocenters. The first-order valence-corrected chi connectivity index (χ1v) is 7.19. The van der Waals surface area contributed by atoms with Crippen molar-refractivity contribution in [2.75, 3.05) is 17.2 Å². The van der Waals surface area contributed by atoms with E-state index in [-0.39, 0.29) is 11.8 Å². The number of hydrogen-bond acceptors (Lipinski definition) is 4. The van der Waals surface area contributed by atoms with Crippen molar-refractivity contribution in [2.24, 2.45) is 0 Å². The topological polar surface area (TPSA) is 90.5 Å². The van der Waals surface area contributed by atoms with Crippen LogP contribution in [0.25, 0.3) is 0 Å². The van der Waals surface area contributed by atoms with E-state index in [1.807, 2.05) is 0 Å². The first-order chi connectivity index (χ1) is 9.99. The number of anilines is 2. The van der Waals surface area contributed by atoms with Gasteiger partial charge in [-0.25, -0.2) is 0 Å². The van der Waals surface area contributed by atoms with Crippen LogP contribution in [0, 0.1) is 0 Å². The number of amides is 2. The van der Waals surface area contributed by atoms with Crippen molar-refractivity contribution in [3.05, 3.63) is 23.2 Å². The Morgan fingerprint density at radius 2 is 2.19 bits per heavy atom. The molecule has 2 amide bonds. The zero-order chi connectivity index (χ0) is 15.4. The highest BCUT2D eigenvalue weighted by Crippen LogP contribution is 2.26. The molecule has 0 spiro atoms. The largest absolute Gasteiger partial charge is 0.392 e. The van der Waals surface area contributed by atoms with Crippen LogP contribution >= 0.6 is 11.6 Å². The minimum absolute atomic E-state index is 0.116. The van der Waals surface area contributed by atoms with Gasteiger partial charge in [-0.15, -0.1) is 0 Å². The summed E-state index contributed by atoms with van der Waals surface area (Å²) in [5, 5.41) is 18.1. The third-order valence-corrected chi connectivity index (χ3v) is 3.58. The van der Waals surface area contributed by atoms with Crippen LogP contribution in [0.1, 0.15) is 19.8 Å². The van der Waals surface area contributed by atoms with E-state index < -0.39 is 12.1 Å². The van der Waals surface area contributed by atoms with Crippen molar-refractivity contribution in [1.82, 2.24) is 5.32 Å². The van der Waals surface area contributed by atoms with Crippen LogP contribution in [0.2, 0.25) is 5.02 Å². The van der Waals surface area contributed by atoms with Crippen LogP contribution in [-0.2, 0) is 9.59 Å². The van der Waals surface area contributed by atoms with Gasteiger partial charge in [0.2, 0.25) is 11.8 Å². The number of nitrogens with one attached hydrogen (secondary N) is 3. The van der Waals surface area contributed by atoms with E-state index in [4.69, 9.17) is 11.6 Å². The summed E-state index contributed by atoms with van der Waals surface area (Å²) in [6.45, 7) is 2.16. The molecule has 4 N–H and O–H groups in total. The summed E-state index contributed by atoms with van der Waals surface area (Å²) in [5.41, 5.74) is 1.000. The average molecular weight is 312 g/mol. The number of aliphatic hydroxyl groups is 1. The first-order valence-electron chi connectivity index (χ1n) is 6.81. The Morgan fingerprint density at radius 3 is 2.81 bits per heavy atom. The Bertz CT molecular complexity index is 550. The Kier molecular flexibility index (Phi) is 5.17. The molecule has 0 aliphatic carbocycles. The molecule has 0 aromatic heterocycles. The monoisotopic (exact) mass is 311 g/mol. The van der Waals surface area contributed by atoms with Crippen molar-refractivity contribution in [3.8, 4) is 0 Å². The van der Waals surface area contributed by atoms with Crippen molar-refractivity contribution < 1.29 is 14.7 Å². The lowest BCUT2D eigenvalue weighted by atomic mass is 10.2. The summed E-state index contributed by atoms with van der Waals surface area (Å²) in [6, 6.07) is 4.45. The zero-order valence-corrected chi connectivity index (χ0v) is 12.4. The van der Waals surface area contributed by atoms with Gasteiger partial charge >= 0.3 is 0 Å². The number of hydrogen-bond donors (Lipinski definition) is 4. The minimum Gasteiger partial charge on any atom is -0.392 e. The molecule has 1 heterocycles. The Hall–Kier alpha value is -1.63. The predicted molar refractivity (Wildman–Crippen MR) is 81.4 cm³/mol. The standard InChI is InChI=1S/C14H18ClN3O3/c1-2-13(20)17-8-3-4-10(15)11(5-8)18-14(21)12-6-9(19)7-16-12/h3-5,9,12,16,19H,2,6-7H2,1H3,(H,17,20)(H,18,21). The quantitative estimate of drug-likeness (QED) is 0.675. The summed E-state index contributed by atoms with van der Waals surface area (Å²) in [5.74, 6) is -0.373. The molecule has 2 atom stereocenters.